The summed E-state index contributed by atoms with van der Waals surface area (Å²) < 4.78 is -0.444. The zero-order chi connectivity index (χ0) is 6.85. The maximum absolute atomic E-state index is 10.5. The summed E-state index contributed by atoms with van der Waals surface area (Å²) in [6, 6.07) is 0. The topological polar surface area (TPSA) is 49.9 Å². The van der Waals surface area contributed by atoms with Crippen molar-refractivity contribution < 1.29 is 0 Å². The van der Waals surface area contributed by atoms with Crippen LogP contribution in [-0.2, 0) is 0 Å². The van der Waals surface area contributed by atoms with Gasteiger partial charge in [0.25, 0.3) is 4.74 Å². The van der Waals surface area contributed by atoms with Gasteiger partial charge in [-0.05, 0) is 6.92 Å². The molecule has 0 aliphatic carbocycles. The van der Waals surface area contributed by atoms with Gasteiger partial charge in [0.2, 0.25) is 0 Å². The van der Waals surface area contributed by atoms with E-state index in [1.807, 2.05) is 0 Å². The number of H-pyrrole nitrogens is 1. The van der Waals surface area contributed by atoms with Gasteiger partial charge >= 0.3 is 5.56 Å². The molecule has 1 aromatic rings. The Bertz CT molecular complexity index is 311. The highest BCUT2D eigenvalue weighted by atomic mass is 32.1. The molecule has 4 heteroatoms. The standard InChI is InChI=1S/C5H5NO2S/c1-3-2-9-5(8)4(7)6-3/h2H,1H3,(H,6,7). The number of hydrogen-bond donors (Lipinski definition) is 1. The van der Waals surface area contributed by atoms with Crippen molar-refractivity contribution in [2.24, 2.45) is 0 Å². The van der Waals surface area contributed by atoms with Gasteiger partial charge in [-0.2, -0.15) is 0 Å². The van der Waals surface area contributed by atoms with E-state index in [1.54, 1.807) is 12.3 Å². The smallest absolute Gasteiger partial charge is 0.306 e. The molecule has 1 N–H and O–H groups in total. The molecule has 1 heterocycles. The van der Waals surface area contributed by atoms with Gasteiger partial charge < -0.3 is 4.98 Å². The molecular weight excluding hydrogens is 138 g/mol. The number of aromatic amines is 1. The van der Waals surface area contributed by atoms with Crippen LogP contribution in [0, 0.1) is 6.92 Å². The summed E-state index contributed by atoms with van der Waals surface area (Å²) in [5.74, 6) is 0. The summed E-state index contributed by atoms with van der Waals surface area (Å²) in [5, 5.41) is 1.61. The molecule has 3 nitrogen and oxygen atoms in total. The lowest BCUT2D eigenvalue weighted by Gasteiger charge is -1.83. The van der Waals surface area contributed by atoms with Crippen LogP contribution in [0.2, 0.25) is 0 Å². The van der Waals surface area contributed by atoms with Crippen LogP contribution < -0.4 is 10.3 Å². The predicted octanol–water partition coefficient (Wildman–Crippen LogP) is 0.105. The van der Waals surface area contributed by atoms with Gasteiger partial charge in [0, 0.05) is 11.1 Å². The minimum absolute atomic E-state index is 0.444. The average Bonchev–Trinajstić information content (AvgIpc) is 1.80. The summed E-state index contributed by atoms with van der Waals surface area (Å²) in [6.45, 7) is 1.73. The van der Waals surface area contributed by atoms with Crippen LogP contribution in [0.5, 0.6) is 0 Å². The fourth-order valence-corrected chi connectivity index (χ4v) is 0.956. The molecule has 9 heavy (non-hydrogen) atoms. The van der Waals surface area contributed by atoms with Gasteiger partial charge in [0.1, 0.15) is 0 Å². The molecule has 0 atom stereocenters. The fourth-order valence-electron chi connectivity index (χ4n) is 0.455. The Morgan fingerprint density at radius 3 is 2.67 bits per heavy atom. The van der Waals surface area contributed by atoms with Crippen LogP contribution in [0.15, 0.2) is 15.0 Å². The summed E-state index contributed by atoms with van der Waals surface area (Å²) in [5.41, 5.74) is 0.199. The van der Waals surface area contributed by atoms with Gasteiger partial charge in [0.15, 0.2) is 0 Å². The largest absolute Gasteiger partial charge is 0.322 e. The van der Waals surface area contributed by atoms with E-state index in [0.717, 1.165) is 17.0 Å². The third kappa shape index (κ3) is 1.26. The Hall–Kier alpha value is -0.900. The maximum atomic E-state index is 10.5. The summed E-state index contributed by atoms with van der Waals surface area (Å²) in [4.78, 5) is 23.3. The molecule has 1 aromatic heterocycles. The quantitative estimate of drug-likeness (QED) is 0.524. The van der Waals surface area contributed by atoms with Crippen LogP contribution in [0.1, 0.15) is 5.69 Å². The molecule has 0 spiro atoms. The third-order valence-corrected chi connectivity index (χ3v) is 1.71. The van der Waals surface area contributed by atoms with Crippen molar-refractivity contribution in [2.75, 3.05) is 0 Å². The second kappa shape index (κ2) is 2.14. The predicted molar refractivity (Wildman–Crippen MR) is 35.9 cm³/mol. The SMILES string of the molecule is Cc1csc(=O)c(=O)[nH]1. The summed E-state index contributed by atoms with van der Waals surface area (Å²) in [6.07, 6.45) is 0. The second-order valence-corrected chi connectivity index (χ2v) is 2.50. The molecule has 0 radical (unpaired) electrons. The molecule has 0 fully saturated rings. The molecule has 0 aromatic carbocycles. The molecule has 0 aliphatic heterocycles. The van der Waals surface area contributed by atoms with E-state index in [4.69, 9.17) is 0 Å². The molecule has 1 rings (SSSR count). The molecule has 0 aliphatic rings. The van der Waals surface area contributed by atoms with E-state index in [1.165, 1.54) is 0 Å². The van der Waals surface area contributed by atoms with Crippen LogP contribution in [0.25, 0.3) is 0 Å². The number of aryl methyl sites for hydroxylation is 1. The first-order valence-electron chi connectivity index (χ1n) is 2.39. The van der Waals surface area contributed by atoms with Crippen molar-refractivity contribution in [3.05, 3.63) is 31.0 Å². The van der Waals surface area contributed by atoms with Crippen LogP contribution in [-0.4, -0.2) is 4.98 Å². The number of aromatic nitrogens is 1. The van der Waals surface area contributed by atoms with Gasteiger partial charge in [-0.25, -0.2) is 0 Å². The minimum atomic E-state index is -0.528. The Morgan fingerprint density at radius 2 is 2.22 bits per heavy atom. The third-order valence-electron chi connectivity index (χ3n) is 0.839. The van der Waals surface area contributed by atoms with Crippen LogP contribution in [0.3, 0.4) is 0 Å². The first-order chi connectivity index (χ1) is 4.20. The lowest BCUT2D eigenvalue weighted by molar-refractivity contribution is 1.15. The van der Waals surface area contributed by atoms with Crippen molar-refractivity contribution in [3.8, 4) is 0 Å². The first kappa shape index (κ1) is 6.22. The molecule has 48 valence electrons. The maximum Gasteiger partial charge on any atom is 0.306 e. The van der Waals surface area contributed by atoms with E-state index in [-0.39, 0.29) is 0 Å². The summed E-state index contributed by atoms with van der Waals surface area (Å²) in [7, 11) is 0. The Balaban J connectivity index is 3.53. The molecular formula is C5H5NO2S. The normalized spacial score (nSPS) is 9.44. The lowest BCUT2D eigenvalue weighted by atomic mass is 10.6. The Labute approximate surface area is 55.0 Å². The zero-order valence-corrected chi connectivity index (χ0v) is 5.62. The Morgan fingerprint density at radius 1 is 1.56 bits per heavy atom. The van der Waals surface area contributed by atoms with Gasteiger partial charge in [-0.1, -0.05) is 11.3 Å². The van der Waals surface area contributed by atoms with Crippen molar-refractivity contribution in [2.45, 2.75) is 6.92 Å². The molecule has 0 saturated heterocycles. The highest BCUT2D eigenvalue weighted by Crippen LogP contribution is 1.85. The van der Waals surface area contributed by atoms with E-state index in [9.17, 15) is 9.59 Å². The van der Waals surface area contributed by atoms with E-state index < -0.39 is 10.3 Å². The molecule has 0 bridgehead atoms. The minimum Gasteiger partial charge on any atom is -0.322 e. The fraction of sp³-hybridized carbons (Fsp3) is 0.200. The first-order valence-corrected chi connectivity index (χ1v) is 3.27. The highest BCUT2D eigenvalue weighted by molar-refractivity contribution is 7.07. The zero-order valence-electron chi connectivity index (χ0n) is 4.80. The molecule has 0 saturated carbocycles. The van der Waals surface area contributed by atoms with Crippen LogP contribution >= 0.6 is 11.3 Å². The average molecular weight is 143 g/mol. The van der Waals surface area contributed by atoms with Gasteiger partial charge in [-0.15, -0.1) is 0 Å². The summed E-state index contributed by atoms with van der Waals surface area (Å²) >= 11 is 0.921. The van der Waals surface area contributed by atoms with Crippen molar-refractivity contribution >= 4 is 11.3 Å². The molecule has 0 amide bonds. The number of rotatable bonds is 0. The van der Waals surface area contributed by atoms with E-state index in [2.05, 4.69) is 4.98 Å². The van der Waals surface area contributed by atoms with Crippen LogP contribution in [0.4, 0.5) is 0 Å². The van der Waals surface area contributed by atoms with Crippen molar-refractivity contribution in [3.63, 3.8) is 0 Å². The number of nitrogens with one attached hydrogen (secondary N) is 1. The second-order valence-electron chi connectivity index (χ2n) is 1.66. The highest BCUT2D eigenvalue weighted by Gasteiger charge is 1.90. The van der Waals surface area contributed by atoms with Crippen molar-refractivity contribution in [1.29, 1.82) is 0 Å². The lowest BCUT2D eigenvalue weighted by Crippen LogP contribution is -2.23. The number of hydrogen-bond acceptors (Lipinski definition) is 3. The van der Waals surface area contributed by atoms with E-state index in [0.29, 0.717) is 0 Å². The Kier molecular flexibility index (Phi) is 1.48. The molecule has 0 unspecified atom stereocenters. The van der Waals surface area contributed by atoms with Crippen molar-refractivity contribution in [1.82, 2.24) is 4.98 Å². The van der Waals surface area contributed by atoms with E-state index >= 15 is 0 Å². The van der Waals surface area contributed by atoms with Gasteiger partial charge in [-0.3, -0.25) is 9.59 Å². The van der Waals surface area contributed by atoms with Gasteiger partial charge in [0.05, 0.1) is 0 Å². The monoisotopic (exact) mass is 143 g/mol.